The van der Waals surface area contributed by atoms with Gasteiger partial charge in [0.1, 0.15) is 6.10 Å². The summed E-state index contributed by atoms with van der Waals surface area (Å²) in [5, 5.41) is 23.9. The summed E-state index contributed by atoms with van der Waals surface area (Å²) in [6.45, 7) is 6.46. The summed E-state index contributed by atoms with van der Waals surface area (Å²) in [5.74, 6) is -0.577. The smallest absolute Gasteiger partial charge is 0.306 e. The van der Waals surface area contributed by atoms with E-state index in [0.717, 1.165) is 64.2 Å². The number of aliphatic hydroxyl groups is 2. The summed E-state index contributed by atoms with van der Waals surface area (Å²) in [5.41, 5.74) is 0. The zero-order chi connectivity index (χ0) is 49.5. The fourth-order valence-electron chi connectivity index (χ4n) is 8.82. The highest BCUT2D eigenvalue weighted by Gasteiger charge is 2.23. The Balaban J connectivity index is 4.64. The maximum absolute atomic E-state index is 13.3. The molecule has 396 valence electrons. The molecule has 0 aromatic carbocycles. The van der Waals surface area contributed by atoms with Crippen LogP contribution in [-0.4, -0.2) is 46.9 Å². The number of esters is 1. The first-order valence-corrected chi connectivity index (χ1v) is 29.5. The van der Waals surface area contributed by atoms with E-state index >= 15 is 0 Å². The van der Waals surface area contributed by atoms with E-state index in [1.54, 1.807) is 0 Å². The van der Waals surface area contributed by atoms with Crippen molar-refractivity contribution < 1.29 is 24.5 Å². The van der Waals surface area contributed by atoms with Crippen LogP contribution in [0.2, 0.25) is 0 Å². The van der Waals surface area contributed by atoms with Gasteiger partial charge in [0.2, 0.25) is 5.91 Å². The van der Waals surface area contributed by atoms with E-state index in [4.69, 9.17) is 4.74 Å². The second kappa shape index (κ2) is 55.5. The maximum atomic E-state index is 13.3. The molecule has 0 radical (unpaired) electrons. The molecule has 68 heavy (non-hydrogen) atoms. The van der Waals surface area contributed by atoms with E-state index in [1.165, 1.54) is 186 Å². The molecule has 0 bridgehead atoms. The minimum Gasteiger partial charge on any atom is -0.461 e. The first-order valence-electron chi connectivity index (χ1n) is 29.5. The summed E-state index contributed by atoms with van der Waals surface area (Å²) in [4.78, 5) is 26.2. The molecule has 6 heteroatoms. The number of carbonyl (C=O) groups is 2. The van der Waals surface area contributed by atoms with Crippen molar-refractivity contribution in [3.63, 3.8) is 0 Å². The molecule has 0 aliphatic heterocycles. The Morgan fingerprint density at radius 2 is 0.779 bits per heavy atom. The van der Waals surface area contributed by atoms with Crippen molar-refractivity contribution in [3.8, 4) is 0 Å². The number of aliphatic hydroxyl groups excluding tert-OH is 2. The van der Waals surface area contributed by atoms with Gasteiger partial charge in [0, 0.05) is 12.8 Å². The van der Waals surface area contributed by atoms with Crippen LogP contribution in [0, 0.1) is 0 Å². The van der Waals surface area contributed by atoms with Crippen molar-refractivity contribution in [2.45, 2.75) is 315 Å². The van der Waals surface area contributed by atoms with Crippen molar-refractivity contribution >= 4 is 11.9 Å². The molecule has 0 aliphatic rings. The van der Waals surface area contributed by atoms with Crippen molar-refractivity contribution in [2.75, 3.05) is 6.61 Å². The first-order chi connectivity index (χ1) is 33.5. The number of carbonyl (C=O) groups excluding carboxylic acids is 2. The van der Waals surface area contributed by atoms with Crippen molar-refractivity contribution in [3.05, 3.63) is 60.8 Å². The van der Waals surface area contributed by atoms with Gasteiger partial charge in [0.25, 0.3) is 0 Å². The predicted molar refractivity (Wildman–Crippen MR) is 296 cm³/mol. The highest BCUT2D eigenvalue weighted by atomic mass is 16.5. The van der Waals surface area contributed by atoms with Gasteiger partial charge < -0.3 is 20.3 Å². The van der Waals surface area contributed by atoms with Crippen LogP contribution in [0.15, 0.2) is 60.8 Å². The third kappa shape index (κ3) is 50.0. The molecule has 0 aliphatic carbocycles. The van der Waals surface area contributed by atoms with E-state index in [-0.39, 0.29) is 24.9 Å². The second-order valence-corrected chi connectivity index (χ2v) is 20.1. The van der Waals surface area contributed by atoms with Crippen molar-refractivity contribution in [1.29, 1.82) is 0 Å². The molecule has 0 saturated carbocycles. The number of ether oxygens (including phenoxy) is 1. The number of amides is 1. The fraction of sp³-hybridized carbons (Fsp3) is 0.806. The molecule has 0 aromatic rings. The zero-order valence-corrected chi connectivity index (χ0v) is 45.2. The maximum Gasteiger partial charge on any atom is 0.306 e. The Hall–Kier alpha value is -2.44. The average molecular weight is 953 g/mol. The molecule has 0 aromatic heterocycles. The van der Waals surface area contributed by atoms with Crippen molar-refractivity contribution in [2.24, 2.45) is 0 Å². The van der Waals surface area contributed by atoms with E-state index < -0.39 is 18.2 Å². The molecule has 6 nitrogen and oxygen atoms in total. The zero-order valence-electron chi connectivity index (χ0n) is 45.2. The molecule has 0 fully saturated rings. The molecule has 3 N–H and O–H groups in total. The monoisotopic (exact) mass is 952 g/mol. The van der Waals surface area contributed by atoms with E-state index in [2.05, 4.69) is 80.8 Å². The molecule has 0 saturated heterocycles. The quantitative estimate of drug-likeness (QED) is 0.0321. The highest BCUT2D eigenvalue weighted by molar-refractivity contribution is 5.77. The van der Waals surface area contributed by atoms with Gasteiger partial charge in [-0.3, -0.25) is 9.59 Å². The SMILES string of the molecule is CCCCC/C=C\C/C=C\C/C=C\C/C=C\CC(CC(=O)NC(CO)C(O)CCCCCCCCCCCCCCCCCC)OC(=O)CCCCCCC/C=C/CCCCCCCCCCC. The molecular weight excluding hydrogens is 839 g/mol. The molecule has 0 spiro atoms. The Kier molecular flexibility index (Phi) is 53.5. The Morgan fingerprint density at radius 3 is 1.22 bits per heavy atom. The third-order valence-electron chi connectivity index (χ3n) is 13.3. The molecule has 3 atom stereocenters. The van der Waals surface area contributed by atoms with Gasteiger partial charge in [-0.15, -0.1) is 0 Å². The molecule has 1 amide bonds. The number of hydrogen-bond acceptors (Lipinski definition) is 5. The van der Waals surface area contributed by atoms with E-state index in [9.17, 15) is 19.8 Å². The van der Waals surface area contributed by atoms with Crippen LogP contribution in [0.1, 0.15) is 297 Å². The second-order valence-electron chi connectivity index (χ2n) is 20.1. The number of hydrogen-bond donors (Lipinski definition) is 3. The lowest BCUT2D eigenvalue weighted by atomic mass is 10.0. The van der Waals surface area contributed by atoms with Gasteiger partial charge in [-0.2, -0.15) is 0 Å². The number of rotatable bonds is 53. The van der Waals surface area contributed by atoms with Gasteiger partial charge >= 0.3 is 5.97 Å². The fourth-order valence-corrected chi connectivity index (χ4v) is 8.82. The van der Waals surface area contributed by atoms with E-state index in [1.807, 2.05) is 6.08 Å². The summed E-state index contributed by atoms with van der Waals surface area (Å²) in [6.07, 6.45) is 70.2. The lowest BCUT2D eigenvalue weighted by Gasteiger charge is -2.24. The first kappa shape index (κ1) is 65.6. The van der Waals surface area contributed by atoms with Crippen LogP contribution < -0.4 is 5.32 Å². The van der Waals surface area contributed by atoms with Crippen LogP contribution in [0.5, 0.6) is 0 Å². The minimum absolute atomic E-state index is 0.00132. The van der Waals surface area contributed by atoms with Crippen LogP contribution in [0.4, 0.5) is 0 Å². The van der Waals surface area contributed by atoms with Gasteiger partial charge in [-0.05, 0) is 70.6 Å². The summed E-state index contributed by atoms with van der Waals surface area (Å²) in [6, 6.07) is -0.734. The Morgan fingerprint density at radius 1 is 0.441 bits per heavy atom. The van der Waals surface area contributed by atoms with Gasteiger partial charge in [-0.25, -0.2) is 0 Å². The Bertz CT molecular complexity index is 1210. The van der Waals surface area contributed by atoms with Crippen LogP contribution in [-0.2, 0) is 14.3 Å². The third-order valence-corrected chi connectivity index (χ3v) is 13.3. The number of allylic oxidation sites excluding steroid dienone is 9. The average Bonchev–Trinajstić information content (AvgIpc) is 3.33. The summed E-state index contributed by atoms with van der Waals surface area (Å²) in [7, 11) is 0. The standard InChI is InChI=1S/C62H113NO5/c1-4-7-10-13-16-19-22-25-28-30-31-34-37-40-43-46-49-52-55-62(67)68-58(53-50-47-44-41-38-35-32-27-24-21-18-15-12-9-6-3)56-61(66)63-59(57-64)60(65)54-51-48-45-42-39-36-33-29-26-23-20-17-14-11-8-5-2/h18,21,27,31-32,34,38,41,47,50,58-60,64-65H,4-17,19-20,22-26,28-30,33,35-37,39-40,42-46,48-49,51-57H2,1-3H3,(H,63,66)/b21-18-,32-27-,34-31+,41-38-,50-47-. The molecule has 0 rings (SSSR count). The Labute approximate surface area is 422 Å². The molecule has 0 heterocycles. The van der Waals surface area contributed by atoms with Gasteiger partial charge in [0.15, 0.2) is 0 Å². The molecular formula is C62H113NO5. The van der Waals surface area contributed by atoms with Crippen LogP contribution in [0.3, 0.4) is 0 Å². The minimum atomic E-state index is -0.814. The lowest BCUT2D eigenvalue weighted by Crippen LogP contribution is -2.46. The predicted octanol–water partition coefficient (Wildman–Crippen LogP) is 18.4. The summed E-state index contributed by atoms with van der Waals surface area (Å²) >= 11 is 0. The summed E-state index contributed by atoms with van der Waals surface area (Å²) < 4.78 is 5.89. The highest BCUT2D eigenvalue weighted by Crippen LogP contribution is 2.17. The van der Waals surface area contributed by atoms with Crippen LogP contribution >= 0.6 is 0 Å². The van der Waals surface area contributed by atoms with E-state index in [0.29, 0.717) is 19.3 Å². The van der Waals surface area contributed by atoms with Crippen LogP contribution in [0.25, 0.3) is 0 Å². The van der Waals surface area contributed by atoms with Gasteiger partial charge in [0.05, 0.1) is 25.2 Å². The lowest BCUT2D eigenvalue weighted by molar-refractivity contribution is -0.150. The topological polar surface area (TPSA) is 95.9 Å². The largest absolute Gasteiger partial charge is 0.461 e. The number of nitrogens with one attached hydrogen (secondary N) is 1. The normalized spacial score (nSPS) is 13.5. The van der Waals surface area contributed by atoms with Gasteiger partial charge in [-0.1, -0.05) is 268 Å². The molecule has 3 unspecified atom stereocenters. The van der Waals surface area contributed by atoms with Crippen molar-refractivity contribution in [1.82, 2.24) is 5.32 Å². The number of unbranched alkanes of at least 4 members (excludes halogenated alkanes) is 32.